The van der Waals surface area contributed by atoms with Crippen molar-refractivity contribution in [3.8, 4) is 5.75 Å². The van der Waals surface area contributed by atoms with E-state index in [1.165, 1.54) is 6.07 Å². The molecule has 6 heteroatoms. The van der Waals surface area contributed by atoms with Crippen molar-refractivity contribution >= 4 is 17.3 Å². The Bertz CT molecular complexity index is 746. The van der Waals surface area contributed by atoms with Gasteiger partial charge < -0.3 is 9.64 Å². The van der Waals surface area contributed by atoms with E-state index in [9.17, 15) is 14.9 Å². The first-order valence-electron chi connectivity index (χ1n) is 7.90. The maximum absolute atomic E-state index is 12.2. The summed E-state index contributed by atoms with van der Waals surface area (Å²) in [4.78, 5) is 24.4. The summed E-state index contributed by atoms with van der Waals surface area (Å²) in [6.45, 7) is 1.05. The summed E-state index contributed by atoms with van der Waals surface area (Å²) in [7, 11) is 0. The standard InChI is InChI=1S/C18H18N2O4/c21-18-10-7-14-13-15(20(22)23)8-9-17(14)19(18)11-4-12-24-16-5-2-1-3-6-16/h1-3,5-6,8-9,13H,4,7,10-12H2. The molecule has 0 spiro atoms. The number of nitro benzene ring substituents is 1. The van der Waals surface area contributed by atoms with Crippen LogP contribution in [0.15, 0.2) is 48.5 Å². The van der Waals surface area contributed by atoms with Gasteiger partial charge in [0.2, 0.25) is 5.91 Å². The van der Waals surface area contributed by atoms with E-state index in [1.807, 2.05) is 30.3 Å². The molecule has 0 N–H and O–H groups in total. The van der Waals surface area contributed by atoms with Crippen molar-refractivity contribution < 1.29 is 14.5 Å². The zero-order chi connectivity index (χ0) is 16.9. The third-order valence-electron chi connectivity index (χ3n) is 4.01. The number of rotatable bonds is 6. The average Bonchev–Trinajstić information content (AvgIpc) is 2.60. The number of nitrogens with zero attached hydrogens (tertiary/aromatic N) is 2. The number of para-hydroxylation sites is 1. The van der Waals surface area contributed by atoms with Crippen LogP contribution in [0.4, 0.5) is 11.4 Å². The lowest BCUT2D eigenvalue weighted by molar-refractivity contribution is -0.384. The molecule has 3 rings (SSSR count). The van der Waals surface area contributed by atoms with E-state index < -0.39 is 4.92 Å². The Morgan fingerprint density at radius 1 is 1.12 bits per heavy atom. The van der Waals surface area contributed by atoms with Gasteiger partial charge in [0.05, 0.1) is 11.5 Å². The Balaban J connectivity index is 1.63. The molecular formula is C18H18N2O4. The number of benzene rings is 2. The topological polar surface area (TPSA) is 72.7 Å². The molecule has 0 aliphatic carbocycles. The average molecular weight is 326 g/mol. The number of fused-ring (bicyclic) bond motifs is 1. The number of ether oxygens (including phenoxy) is 1. The second-order valence-corrected chi connectivity index (χ2v) is 5.63. The van der Waals surface area contributed by atoms with Crippen molar-refractivity contribution in [1.29, 1.82) is 0 Å². The van der Waals surface area contributed by atoms with Gasteiger partial charge in [0, 0.05) is 30.8 Å². The number of carbonyl (C=O) groups is 1. The van der Waals surface area contributed by atoms with Crippen LogP contribution in [0.3, 0.4) is 0 Å². The minimum Gasteiger partial charge on any atom is -0.494 e. The molecule has 1 aliphatic heterocycles. The van der Waals surface area contributed by atoms with E-state index in [4.69, 9.17) is 4.74 Å². The van der Waals surface area contributed by atoms with E-state index in [1.54, 1.807) is 17.0 Å². The highest BCUT2D eigenvalue weighted by Crippen LogP contribution is 2.31. The Morgan fingerprint density at radius 2 is 1.92 bits per heavy atom. The molecule has 2 aromatic rings. The Labute approximate surface area is 139 Å². The number of non-ortho nitro benzene ring substituents is 1. The molecule has 1 amide bonds. The predicted molar refractivity (Wildman–Crippen MR) is 90.3 cm³/mol. The maximum atomic E-state index is 12.2. The molecule has 0 saturated heterocycles. The molecule has 0 fully saturated rings. The predicted octanol–water partition coefficient (Wildman–Crippen LogP) is 3.34. The van der Waals surface area contributed by atoms with Crippen molar-refractivity contribution in [2.45, 2.75) is 19.3 Å². The smallest absolute Gasteiger partial charge is 0.269 e. The minimum atomic E-state index is -0.408. The third kappa shape index (κ3) is 3.53. The highest BCUT2D eigenvalue weighted by Gasteiger charge is 2.25. The highest BCUT2D eigenvalue weighted by atomic mass is 16.6. The normalized spacial score (nSPS) is 13.5. The van der Waals surface area contributed by atoms with Crippen LogP contribution in [0.2, 0.25) is 0 Å². The van der Waals surface area contributed by atoms with Crippen LogP contribution < -0.4 is 9.64 Å². The fraction of sp³-hybridized carbons (Fsp3) is 0.278. The zero-order valence-electron chi connectivity index (χ0n) is 13.2. The van der Waals surface area contributed by atoms with Crippen molar-refractivity contribution in [2.75, 3.05) is 18.1 Å². The second-order valence-electron chi connectivity index (χ2n) is 5.63. The molecule has 1 heterocycles. The van der Waals surface area contributed by atoms with Gasteiger partial charge in [-0.2, -0.15) is 0 Å². The molecule has 0 atom stereocenters. The van der Waals surface area contributed by atoms with E-state index in [0.717, 1.165) is 17.0 Å². The summed E-state index contributed by atoms with van der Waals surface area (Å²) < 4.78 is 5.64. The molecular weight excluding hydrogens is 308 g/mol. The number of nitro groups is 1. The quantitative estimate of drug-likeness (QED) is 0.463. The van der Waals surface area contributed by atoms with E-state index in [2.05, 4.69) is 0 Å². The summed E-state index contributed by atoms with van der Waals surface area (Å²) >= 11 is 0. The van der Waals surface area contributed by atoms with Gasteiger partial charge in [-0.15, -0.1) is 0 Å². The van der Waals surface area contributed by atoms with Crippen molar-refractivity contribution in [3.05, 3.63) is 64.2 Å². The number of anilines is 1. The second kappa shape index (κ2) is 7.12. The first-order valence-corrected chi connectivity index (χ1v) is 7.90. The molecule has 0 saturated carbocycles. The molecule has 124 valence electrons. The molecule has 6 nitrogen and oxygen atoms in total. The summed E-state index contributed by atoms with van der Waals surface area (Å²) in [6.07, 6.45) is 1.62. The van der Waals surface area contributed by atoms with Crippen LogP contribution in [-0.4, -0.2) is 24.0 Å². The Morgan fingerprint density at radius 3 is 2.67 bits per heavy atom. The van der Waals surface area contributed by atoms with E-state index in [-0.39, 0.29) is 11.6 Å². The zero-order valence-corrected chi connectivity index (χ0v) is 13.2. The summed E-state index contributed by atoms with van der Waals surface area (Å²) in [5.74, 6) is 0.856. The third-order valence-corrected chi connectivity index (χ3v) is 4.01. The van der Waals surface area contributed by atoms with Crippen LogP contribution in [0, 0.1) is 10.1 Å². The lowest BCUT2D eigenvalue weighted by atomic mass is 10.0. The largest absolute Gasteiger partial charge is 0.494 e. The summed E-state index contributed by atoms with van der Waals surface area (Å²) in [5.41, 5.74) is 1.69. The summed E-state index contributed by atoms with van der Waals surface area (Å²) in [6, 6.07) is 14.2. The first kappa shape index (κ1) is 16.0. The van der Waals surface area contributed by atoms with E-state index >= 15 is 0 Å². The van der Waals surface area contributed by atoms with Crippen molar-refractivity contribution in [1.82, 2.24) is 0 Å². The molecule has 0 radical (unpaired) electrons. The van der Waals surface area contributed by atoms with Gasteiger partial charge in [0.15, 0.2) is 0 Å². The van der Waals surface area contributed by atoms with Gasteiger partial charge in [-0.25, -0.2) is 0 Å². The SMILES string of the molecule is O=C1CCc2cc([N+](=O)[O-])ccc2N1CCCOc1ccccc1. The lowest BCUT2D eigenvalue weighted by Gasteiger charge is -2.29. The van der Waals surface area contributed by atoms with Crippen molar-refractivity contribution in [3.63, 3.8) is 0 Å². The van der Waals surface area contributed by atoms with Gasteiger partial charge in [-0.1, -0.05) is 18.2 Å². The molecule has 0 bridgehead atoms. The number of aryl methyl sites for hydroxylation is 1. The lowest BCUT2D eigenvalue weighted by Crippen LogP contribution is -2.36. The van der Waals surface area contributed by atoms with Crippen LogP contribution in [-0.2, 0) is 11.2 Å². The number of hydrogen-bond donors (Lipinski definition) is 0. The fourth-order valence-electron chi connectivity index (χ4n) is 2.83. The van der Waals surface area contributed by atoms with Gasteiger partial charge in [0.1, 0.15) is 5.75 Å². The van der Waals surface area contributed by atoms with E-state index in [0.29, 0.717) is 32.4 Å². The number of amides is 1. The fourth-order valence-corrected chi connectivity index (χ4v) is 2.83. The number of hydrogen-bond acceptors (Lipinski definition) is 4. The molecule has 0 aromatic heterocycles. The van der Waals surface area contributed by atoms with Crippen LogP contribution in [0.25, 0.3) is 0 Å². The van der Waals surface area contributed by atoms with Gasteiger partial charge in [0.25, 0.3) is 5.69 Å². The minimum absolute atomic E-state index is 0.0519. The molecule has 0 unspecified atom stereocenters. The Hall–Kier alpha value is -2.89. The van der Waals surface area contributed by atoms with Gasteiger partial charge in [-0.05, 0) is 36.6 Å². The van der Waals surface area contributed by atoms with Gasteiger partial charge in [-0.3, -0.25) is 14.9 Å². The number of carbonyl (C=O) groups excluding carboxylic acids is 1. The monoisotopic (exact) mass is 326 g/mol. The van der Waals surface area contributed by atoms with Crippen LogP contribution >= 0.6 is 0 Å². The van der Waals surface area contributed by atoms with Crippen LogP contribution in [0.1, 0.15) is 18.4 Å². The first-order chi connectivity index (χ1) is 11.6. The summed E-state index contributed by atoms with van der Waals surface area (Å²) in [5, 5.41) is 10.9. The Kier molecular flexibility index (Phi) is 4.74. The maximum Gasteiger partial charge on any atom is 0.269 e. The molecule has 24 heavy (non-hydrogen) atoms. The highest BCUT2D eigenvalue weighted by molar-refractivity contribution is 5.96. The molecule has 2 aromatic carbocycles. The van der Waals surface area contributed by atoms with Crippen molar-refractivity contribution in [2.24, 2.45) is 0 Å². The van der Waals surface area contributed by atoms with Gasteiger partial charge >= 0.3 is 0 Å². The van der Waals surface area contributed by atoms with Crippen LogP contribution in [0.5, 0.6) is 5.75 Å². The molecule has 1 aliphatic rings.